The van der Waals surface area contributed by atoms with Crippen molar-refractivity contribution in [3.8, 4) is 0 Å². The van der Waals surface area contributed by atoms with E-state index in [0.29, 0.717) is 6.54 Å². The number of benzene rings is 2. The third kappa shape index (κ3) is 4.33. The molecule has 0 radical (unpaired) electrons. The smallest absolute Gasteiger partial charge is 0.305 e. The summed E-state index contributed by atoms with van der Waals surface area (Å²) in [5.74, 6) is -0.780. The van der Waals surface area contributed by atoms with Crippen LogP contribution in [0.1, 0.15) is 24.9 Å². The molecule has 0 aliphatic rings. The van der Waals surface area contributed by atoms with Gasteiger partial charge in [0.05, 0.1) is 12.5 Å². The molecule has 0 saturated carbocycles. The number of carbonyl (C=O) groups is 1. The topological polar surface area (TPSA) is 40.5 Å². The number of carboxylic acid groups (broad SMARTS) is 1. The highest BCUT2D eigenvalue weighted by Crippen LogP contribution is 2.28. The molecule has 0 bridgehead atoms. The van der Waals surface area contributed by atoms with E-state index in [2.05, 4.69) is 39.9 Å². The maximum atomic E-state index is 10.9. The molecule has 2 aromatic carbocycles. The molecule has 0 aromatic heterocycles. The summed E-state index contributed by atoms with van der Waals surface area (Å²) in [6.07, 6.45) is 0.118. The van der Waals surface area contributed by atoms with Crippen molar-refractivity contribution < 1.29 is 9.90 Å². The first-order chi connectivity index (χ1) is 10.1. The SMILES string of the molecule is CC(c1cccc(Br)c1)N(CCC(=O)O)c1ccccc1. The number of rotatable bonds is 6. The second-order valence-corrected chi connectivity index (χ2v) is 5.82. The quantitative estimate of drug-likeness (QED) is 0.836. The summed E-state index contributed by atoms with van der Waals surface area (Å²) in [5, 5.41) is 8.97. The fourth-order valence-corrected chi connectivity index (χ4v) is 2.75. The van der Waals surface area contributed by atoms with Crippen LogP contribution in [-0.4, -0.2) is 17.6 Å². The van der Waals surface area contributed by atoms with Crippen LogP contribution in [0.25, 0.3) is 0 Å². The molecule has 21 heavy (non-hydrogen) atoms. The van der Waals surface area contributed by atoms with Crippen molar-refractivity contribution in [3.05, 3.63) is 64.6 Å². The number of carboxylic acids is 1. The molecule has 3 nitrogen and oxygen atoms in total. The minimum atomic E-state index is -0.780. The van der Waals surface area contributed by atoms with Gasteiger partial charge in [-0.05, 0) is 36.8 Å². The van der Waals surface area contributed by atoms with Gasteiger partial charge in [0.2, 0.25) is 0 Å². The van der Waals surface area contributed by atoms with E-state index in [1.54, 1.807) is 0 Å². The molecule has 0 saturated heterocycles. The van der Waals surface area contributed by atoms with Crippen molar-refractivity contribution in [1.29, 1.82) is 0 Å². The summed E-state index contributed by atoms with van der Waals surface area (Å²) < 4.78 is 1.03. The van der Waals surface area contributed by atoms with Crippen molar-refractivity contribution in [1.82, 2.24) is 0 Å². The van der Waals surface area contributed by atoms with Crippen LogP contribution in [0.15, 0.2) is 59.1 Å². The fourth-order valence-electron chi connectivity index (χ4n) is 2.33. The Morgan fingerprint density at radius 2 is 1.90 bits per heavy atom. The van der Waals surface area contributed by atoms with E-state index in [9.17, 15) is 4.79 Å². The van der Waals surface area contributed by atoms with Crippen molar-refractivity contribution in [2.24, 2.45) is 0 Å². The minimum absolute atomic E-state index is 0.101. The first-order valence-electron chi connectivity index (χ1n) is 6.87. The van der Waals surface area contributed by atoms with E-state index in [0.717, 1.165) is 15.7 Å². The van der Waals surface area contributed by atoms with Gasteiger partial charge in [-0.3, -0.25) is 4.79 Å². The molecule has 110 valence electrons. The average Bonchev–Trinajstić information content (AvgIpc) is 2.48. The zero-order valence-electron chi connectivity index (χ0n) is 11.9. The zero-order valence-corrected chi connectivity index (χ0v) is 13.5. The molecule has 0 amide bonds. The largest absolute Gasteiger partial charge is 0.481 e. The van der Waals surface area contributed by atoms with Crippen LogP contribution in [0, 0.1) is 0 Å². The Balaban J connectivity index is 2.28. The van der Waals surface area contributed by atoms with E-state index in [4.69, 9.17) is 5.11 Å². The van der Waals surface area contributed by atoms with Crippen molar-refractivity contribution >= 4 is 27.6 Å². The van der Waals surface area contributed by atoms with Crippen LogP contribution in [-0.2, 0) is 4.79 Å². The Bertz CT molecular complexity index is 601. The second-order valence-electron chi connectivity index (χ2n) is 4.90. The summed E-state index contributed by atoms with van der Waals surface area (Å²) >= 11 is 3.49. The van der Waals surface area contributed by atoms with Gasteiger partial charge in [-0.15, -0.1) is 0 Å². The molecule has 1 atom stereocenters. The lowest BCUT2D eigenvalue weighted by molar-refractivity contribution is -0.136. The number of halogens is 1. The van der Waals surface area contributed by atoms with Crippen LogP contribution < -0.4 is 4.90 Å². The number of aliphatic carboxylic acids is 1. The summed E-state index contributed by atoms with van der Waals surface area (Å²) in [6, 6.07) is 18.1. The van der Waals surface area contributed by atoms with Crippen molar-refractivity contribution in [2.75, 3.05) is 11.4 Å². The van der Waals surface area contributed by atoms with E-state index < -0.39 is 5.97 Å². The number of nitrogens with zero attached hydrogens (tertiary/aromatic N) is 1. The molecule has 0 fully saturated rings. The van der Waals surface area contributed by atoms with Gasteiger partial charge in [0.15, 0.2) is 0 Å². The van der Waals surface area contributed by atoms with Crippen LogP contribution in [0.5, 0.6) is 0 Å². The Morgan fingerprint density at radius 1 is 1.19 bits per heavy atom. The highest BCUT2D eigenvalue weighted by molar-refractivity contribution is 9.10. The highest BCUT2D eigenvalue weighted by atomic mass is 79.9. The third-order valence-electron chi connectivity index (χ3n) is 3.45. The van der Waals surface area contributed by atoms with Crippen molar-refractivity contribution in [2.45, 2.75) is 19.4 Å². The van der Waals surface area contributed by atoms with Gasteiger partial charge in [0.1, 0.15) is 0 Å². The van der Waals surface area contributed by atoms with E-state index in [-0.39, 0.29) is 12.5 Å². The Hall–Kier alpha value is -1.81. The number of para-hydroxylation sites is 1. The zero-order chi connectivity index (χ0) is 15.2. The predicted octanol–water partition coefficient (Wildman–Crippen LogP) is 4.49. The summed E-state index contributed by atoms with van der Waals surface area (Å²) in [5.41, 5.74) is 2.19. The van der Waals surface area contributed by atoms with Gasteiger partial charge < -0.3 is 10.0 Å². The number of anilines is 1. The molecule has 2 rings (SSSR count). The summed E-state index contributed by atoms with van der Waals surface area (Å²) in [4.78, 5) is 13.0. The maximum absolute atomic E-state index is 10.9. The number of hydrogen-bond acceptors (Lipinski definition) is 2. The minimum Gasteiger partial charge on any atom is -0.481 e. The first-order valence-corrected chi connectivity index (χ1v) is 7.66. The molecule has 1 unspecified atom stereocenters. The standard InChI is InChI=1S/C17H18BrNO2/c1-13(14-6-5-7-15(18)12-14)19(11-10-17(20)21)16-8-3-2-4-9-16/h2-9,12-13H,10-11H2,1H3,(H,20,21). The number of hydrogen-bond donors (Lipinski definition) is 1. The Kier molecular flexibility index (Phi) is 5.39. The maximum Gasteiger partial charge on any atom is 0.305 e. The van der Waals surface area contributed by atoms with E-state index in [1.807, 2.05) is 42.5 Å². The third-order valence-corrected chi connectivity index (χ3v) is 3.95. The van der Waals surface area contributed by atoms with E-state index >= 15 is 0 Å². The second kappa shape index (κ2) is 7.27. The monoisotopic (exact) mass is 347 g/mol. The molecule has 4 heteroatoms. The summed E-state index contributed by atoms with van der Waals surface area (Å²) in [7, 11) is 0. The highest BCUT2D eigenvalue weighted by Gasteiger charge is 2.17. The Morgan fingerprint density at radius 3 is 2.52 bits per heavy atom. The van der Waals surface area contributed by atoms with Gasteiger partial charge in [0, 0.05) is 16.7 Å². The predicted molar refractivity (Wildman–Crippen MR) is 88.6 cm³/mol. The fraction of sp³-hybridized carbons (Fsp3) is 0.235. The van der Waals surface area contributed by atoms with Crippen LogP contribution in [0.2, 0.25) is 0 Å². The lowest BCUT2D eigenvalue weighted by atomic mass is 10.1. The van der Waals surface area contributed by atoms with Crippen molar-refractivity contribution in [3.63, 3.8) is 0 Å². The molecule has 0 spiro atoms. The van der Waals surface area contributed by atoms with Gasteiger partial charge in [-0.1, -0.05) is 46.3 Å². The molecule has 1 N–H and O–H groups in total. The molecular formula is C17H18BrNO2. The van der Waals surface area contributed by atoms with Crippen LogP contribution >= 0.6 is 15.9 Å². The lowest BCUT2D eigenvalue weighted by Crippen LogP contribution is -2.29. The van der Waals surface area contributed by atoms with Gasteiger partial charge in [0.25, 0.3) is 0 Å². The first kappa shape index (κ1) is 15.6. The van der Waals surface area contributed by atoms with Gasteiger partial charge in [-0.2, -0.15) is 0 Å². The Labute approximate surface area is 133 Å². The normalized spacial score (nSPS) is 11.9. The lowest BCUT2D eigenvalue weighted by Gasteiger charge is -2.31. The van der Waals surface area contributed by atoms with Gasteiger partial charge >= 0.3 is 5.97 Å². The van der Waals surface area contributed by atoms with E-state index in [1.165, 1.54) is 0 Å². The molecular weight excluding hydrogens is 330 g/mol. The summed E-state index contributed by atoms with van der Waals surface area (Å²) in [6.45, 7) is 2.57. The molecule has 2 aromatic rings. The molecule has 0 aliphatic carbocycles. The molecule has 0 heterocycles. The average molecular weight is 348 g/mol. The molecule has 0 aliphatic heterocycles. The van der Waals surface area contributed by atoms with Gasteiger partial charge in [-0.25, -0.2) is 0 Å². The van der Waals surface area contributed by atoms with Crippen LogP contribution in [0.4, 0.5) is 5.69 Å². The van der Waals surface area contributed by atoms with Crippen LogP contribution in [0.3, 0.4) is 0 Å².